The van der Waals surface area contributed by atoms with Crippen molar-refractivity contribution < 1.29 is 14.3 Å². The van der Waals surface area contributed by atoms with E-state index in [1.165, 1.54) is 45.4 Å². The zero-order chi connectivity index (χ0) is 14.5. The molecule has 0 unspecified atom stereocenters. The van der Waals surface area contributed by atoms with Gasteiger partial charge in [-0.05, 0) is 20.3 Å². The first kappa shape index (κ1) is 18.1. The highest BCUT2D eigenvalue weighted by Crippen LogP contribution is 2.15. The Morgan fingerprint density at radius 2 is 1.42 bits per heavy atom. The molecule has 0 aliphatic carbocycles. The topological polar surface area (TPSA) is 43.4 Å². The fraction of sp³-hybridized carbons (Fsp3) is 0.875. The average Bonchev–Trinajstić information content (AvgIpc) is 2.36. The summed E-state index contributed by atoms with van der Waals surface area (Å²) in [6.07, 6.45) is 10.4. The van der Waals surface area contributed by atoms with Gasteiger partial charge in [-0.1, -0.05) is 58.3 Å². The van der Waals surface area contributed by atoms with Gasteiger partial charge in [-0.25, -0.2) is 0 Å². The number of Topliss-reactive ketones (excluding diaryl/α,β-unsaturated/α-hetero) is 1. The minimum Gasteiger partial charge on any atom is -0.465 e. The molecular weight excluding hydrogens is 240 g/mol. The molecule has 0 aromatic carbocycles. The highest BCUT2D eigenvalue weighted by Gasteiger charge is 2.23. The summed E-state index contributed by atoms with van der Waals surface area (Å²) in [6.45, 7) is 5.81. The molecule has 19 heavy (non-hydrogen) atoms. The van der Waals surface area contributed by atoms with Crippen LogP contribution in [0.1, 0.15) is 78.6 Å². The minimum atomic E-state index is -0.542. The third-order valence-corrected chi connectivity index (χ3v) is 3.41. The molecular formula is C16H30O3. The van der Waals surface area contributed by atoms with Gasteiger partial charge in [0.15, 0.2) is 0 Å². The summed E-state index contributed by atoms with van der Waals surface area (Å²) < 4.78 is 4.93. The van der Waals surface area contributed by atoms with Crippen LogP contribution in [0.5, 0.6) is 0 Å². The van der Waals surface area contributed by atoms with E-state index in [0.717, 1.165) is 12.8 Å². The Kier molecular flexibility index (Phi) is 11.6. The van der Waals surface area contributed by atoms with Crippen molar-refractivity contribution in [2.24, 2.45) is 5.92 Å². The van der Waals surface area contributed by atoms with Crippen molar-refractivity contribution in [2.45, 2.75) is 78.6 Å². The van der Waals surface area contributed by atoms with E-state index in [9.17, 15) is 9.59 Å². The van der Waals surface area contributed by atoms with Gasteiger partial charge in [0, 0.05) is 0 Å². The zero-order valence-electron chi connectivity index (χ0n) is 12.9. The van der Waals surface area contributed by atoms with Gasteiger partial charge in [0.2, 0.25) is 0 Å². The molecule has 0 heterocycles. The van der Waals surface area contributed by atoms with Crippen molar-refractivity contribution in [1.82, 2.24) is 0 Å². The summed E-state index contributed by atoms with van der Waals surface area (Å²) in [5, 5.41) is 0. The fourth-order valence-electron chi connectivity index (χ4n) is 2.21. The molecule has 0 bridgehead atoms. The molecule has 0 radical (unpaired) electrons. The predicted molar refractivity (Wildman–Crippen MR) is 78.0 cm³/mol. The van der Waals surface area contributed by atoms with E-state index in [2.05, 4.69) is 6.92 Å². The summed E-state index contributed by atoms with van der Waals surface area (Å²) >= 11 is 0. The lowest BCUT2D eigenvalue weighted by Gasteiger charge is -2.12. The van der Waals surface area contributed by atoms with Crippen molar-refractivity contribution in [1.29, 1.82) is 0 Å². The Labute approximate surface area is 118 Å². The molecule has 0 aromatic heterocycles. The molecule has 0 N–H and O–H groups in total. The second kappa shape index (κ2) is 12.2. The lowest BCUT2D eigenvalue weighted by atomic mass is 9.97. The van der Waals surface area contributed by atoms with Crippen LogP contribution in [0.15, 0.2) is 0 Å². The molecule has 0 rings (SSSR count). The van der Waals surface area contributed by atoms with E-state index in [0.29, 0.717) is 13.0 Å². The SMILES string of the molecule is CCCCCCCCCC[C@H](C(C)=O)C(=O)OCC. The molecule has 1 atom stereocenters. The number of hydrogen-bond donors (Lipinski definition) is 0. The molecule has 0 aliphatic heterocycles. The monoisotopic (exact) mass is 270 g/mol. The van der Waals surface area contributed by atoms with Gasteiger partial charge in [-0.3, -0.25) is 9.59 Å². The number of ketones is 1. The normalized spacial score (nSPS) is 12.2. The van der Waals surface area contributed by atoms with Crippen LogP contribution >= 0.6 is 0 Å². The summed E-state index contributed by atoms with van der Waals surface area (Å²) in [4.78, 5) is 23.0. The molecule has 112 valence electrons. The Morgan fingerprint density at radius 1 is 0.895 bits per heavy atom. The fourth-order valence-corrected chi connectivity index (χ4v) is 2.21. The zero-order valence-corrected chi connectivity index (χ0v) is 12.9. The first-order chi connectivity index (χ1) is 9.13. The van der Waals surface area contributed by atoms with Crippen LogP contribution in [0.2, 0.25) is 0 Å². The van der Waals surface area contributed by atoms with Gasteiger partial charge in [0.1, 0.15) is 11.7 Å². The summed E-state index contributed by atoms with van der Waals surface area (Å²) in [6, 6.07) is 0. The lowest BCUT2D eigenvalue weighted by Crippen LogP contribution is -2.24. The number of carbonyl (C=O) groups is 2. The quantitative estimate of drug-likeness (QED) is 0.302. The highest BCUT2D eigenvalue weighted by molar-refractivity contribution is 5.97. The van der Waals surface area contributed by atoms with Gasteiger partial charge in [-0.15, -0.1) is 0 Å². The van der Waals surface area contributed by atoms with Crippen LogP contribution < -0.4 is 0 Å². The summed E-state index contributed by atoms with van der Waals surface area (Å²) in [5.41, 5.74) is 0. The van der Waals surface area contributed by atoms with E-state index in [1.807, 2.05) is 0 Å². The number of carbonyl (C=O) groups excluding carboxylic acids is 2. The molecule has 3 heteroatoms. The van der Waals surface area contributed by atoms with E-state index in [1.54, 1.807) is 6.92 Å². The number of rotatable bonds is 12. The van der Waals surface area contributed by atoms with Crippen LogP contribution in [-0.4, -0.2) is 18.4 Å². The standard InChI is InChI=1S/C16H30O3/c1-4-6-7-8-9-10-11-12-13-15(14(3)17)16(18)19-5-2/h15H,4-13H2,1-3H3/t15-/m1/s1. The summed E-state index contributed by atoms with van der Waals surface area (Å²) in [5.74, 6) is -0.959. The van der Waals surface area contributed by atoms with E-state index >= 15 is 0 Å². The van der Waals surface area contributed by atoms with Gasteiger partial charge in [0.25, 0.3) is 0 Å². The van der Waals surface area contributed by atoms with Crippen molar-refractivity contribution >= 4 is 11.8 Å². The molecule has 0 saturated heterocycles. The van der Waals surface area contributed by atoms with Gasteiger partial charge in [-0.2, -0.15) is 0 Å². The van der Waals surface area contributed by atoms with Crippen molar-refractivity contribution in [3.05, 3.63) is 0 Å². The molecule has 0 amide bonds. The number of unbranched alkanes of at least 4 members (excludes halogenated alkanes) is 7. The number of esters is 1. The van der Waals surface area contributed by atoms with E-state index in [-0.39, 0.29) is 11.8 Å². The number of ether oxygens (including phenoxy) is 1. The summed E-state index contributed by atoms with van der Waals surface area (Å²) in [7, 11) is 0. The second-order valence-electron chi connectivity index (χ2n) is 5.18. The molecule has 3 nitrogen and oxygen atoms in total. The van der Waals surface area contributed by atoms with Gasteiger partial charge in [0.05, 0.1) is 6.61 Å². The van der Waals surface area contributed by atoms with E-state index in [4.69, 9.17) is 4.74 Å². The van der Waals surface area contributed by atoms with Crippen LogP contribution in [-0.2, 0) is 14.3 Å². The van der Waals surface area contributed by atoms with Crippen LogP contribution in [0.4, 0.5) is 0 Å². The molecule has 0 aliphatic rings. The molecule has 0 aromatic rings. The maximum absolute atomic E-state index is 11.6. The third kappa shape index (κ3) is 9.69. The van der Waals surface area contributed by atoms with Crippen LogP contribution in [0, 0.1) is 5.92 Å². The Bertz CT molecular complexity index is 248. The molecule has 0 spiro atoms. The Balaban J connectivity index is 3.65. The van der Waals surface area contributed by atoms with Crippen molar-refractivity contribution in [3.63, 3.8) is 0 Å². The predicted octanol–water partition coefficient (Wildman–Crippen LogP) is 4.29. The van der Waals surface area contributed by atoms with E-state index < -0.39 is 5.92 Å². The molecule has 0 saturated carbocycles. The van der Waals surface area contributed by atoms with Crippen LogP contribution in [0.3, 0.4) is 0 Å². The Hall–Kier alpha value is -0.860. The minimum absolute atomic E-state index is 0.0682. The average molecular weight is 270 g/mol. The molecule has 0 fully saturated rings. The van der Waals surface area contributed by atoms with Gasteiger partial charge >= 0.3 is 5.97 Å². The van der Waals surface area contributed by atoms with Crippen LogP contribution in [0.25, 0.3) is 0 Å². The lowest BCUT2D eigenvalue weighted by molar-refractivity contribution is -0.151. The smallest absolute Gasteiger partial charge is 0.316 e. The maximum Gasteiger partial charge on any atom is 0.316 e. The maximum atomic E-state index is 11.6. The van der Waals surface area contributed by atoms with Crippen molar-refractivity contribution in [3.8, 4) is 0 Å². The van der Waals surface area contributed by atoms with Crippen molar-refractivity contribution in [2.75, 3.05) is 6.61 Å². The second-order valence-corrected chi connectivity index (χ2v) is 5.18. The number of hydrogen-bond acceptors (Lipinski definition) is 3. The van der Waals surface area contributed by atoms with Gasteiger partial charge < -0.3 is 4.74 Å². The largest absolute Gasteiger partial charge is 0.465 e. The first-order valence-corrected chi connectivity index (χ1v) is 7.80. The third-order valence-electron chi connectivity index (χ3n) is 3.41. The Morgan fingerprint density at radius 3 is 1.89 bits per heavy atom. The highest BCUT2D eigenvalue weighted by atomic mass is 16.5. The first-order valence-electron chi connectivity index (χ1n) is 7.80.